The van der Waals surface area contributed by atoms with Gasteiger partial charge >= 0.3 is 0 Å². The summed E-state index contributed by atoms with van der Waals surface area (Å²) in [5.74, 6) is 0.919. The molecule has 0 heteroatoms. The second-order valence-electron chi connectivity index (χ2n) is 5.50. The largest absolute Gasteiger partial charge is 0.0885 e. The molecule has 0 aliphatic rings. The molecule has 0 aliphatic heterocycles. The first-order valence-corrected chi connectivity index (χ1v) is 7.88. The summed E-state index contributed by atoms with van der Waals surface area (Å²) in [5, 5.41) is 0. The van der Waals surface area contributed by atoms with Gasteiger partial charge in [0.05, 0.1) is 0 Å². The van der Waals surface area contributed by atoms with Gasteiger partial charge in [-0.3, -0.25) is 0 Å². The Labute approximate surface area is 110 Å². The van der Waals surface area contributed by atoms with Gasteiger partial charge in [-0.15, -0.1) is 0 Å². The Balaban J connectivity index is 3.37. The van der Waals surface area contributed by atoms with E-state index in [0.717, 1.165) is 5.92 Å². The van der Waals surface area contributed by atoms with Crippen molar-refractivity contribution in [3.63, 3.8) is 0 Å². The van der Waals surface area contributed by atoms with E-state index in [0.29, 0.717) is 0 Å². The van der Waals surface area contributed by atoms with Gasteiger partial charge in [0.25, 0.3) is 0 Å². The smallest absolute Gasteiger partial charge is 0.0318 e. The van der Waals surface area contributed by atoms with E-state index in [1.807, 2.05) is 0 Å². The predicted octanol–water partition coefficient (Wildman–Crippen LogP) is 6.51. The van der Waals surface area contributed by atoms with Crippen molar-refractivity contribution in [1.29, 1.82) is 0 Å². The maximum absolute atomic E-state index is 2.43. The first kappa shape index (κ1) is 16.7. The normalized spacial score (nSPS) is 14.0. The lowest BCUT2D eigenvalue weighted by atomic mass is 9.94. The van der Waals surface area contributed by atoms with E-state index in [-0.39, 0.29) is 0 Å². The van der Waals surface area contributed by atoms with Gasteiger partial charge in [-0.25, -0.2) is 0 Å². The fourth-order valence-electron chi connectivity index (χ4n) is 2.37. The lowest BCUT2D eigenvalue weighted by Gasteiger charge is -2.12. The third kappa shape index (κ3) is 10.6. The number of rotatable bonds is 11. The number of unbranched alkanes of at least 4 members (excludes halogenated alkanes) is 5. The molecule has 0 nitrogen and oxygen atoms in total. The molecule has 0 spiro atoms. The maximum Gasteiger partial charge on any atom is -0.0318 e. The molecule has 0 fully saturated rings. The summed E-state index contributed by atoms with van der Waals surface area (Å²) in [7, 11) is 0. The zero-order valence-electron chi connectivity index (χ0n) is 12.7. The molecule has 0 aliphatic carbocycles. The van der Waals surface area contributed by atoms with Gasteiger partial charge in [-0.05, 0) is 32.1 Å². The second-order valence-corrected chi connectivity index (χ2v) is 5.50. The number of hydrogen-bond donors (Lipinski definition) is 0. The first-order valence-electron chi connectivity index (χ1n) is 7.88. The zero-order valence-corrected chi connectivity index (χ0v) is 12.7. The fourth-order valence-corrected chi connectivity index (χ4v) is 2.37. The Morgan fingerprint density at radius 3 is 2.18 bits per heavy atom. The highest BCUT2D eigenvalue weighted by Gasteiger charge is 2.03. The van der Waals surface area contributed by atoms with Crippen LogP contribution in [0, 0.1) is 5.92 Å². The topological polar surface area (TPSA) is 0 Å². The molecule has 0 aromatic rings. The molecule has 0 radical (unpaired) electrons. The second kappa shape index (κ2) is 12.2. The van der Waals surface area contributed by atoms with Gasteiger partial charge in [0.2, 0.25) is 0 Å². The van der Waals surface area contributed by atoms with Crippen LogP contribution in [0.1, 0.15) is 91.9 Å². The Morgan fingerprint density at radius 1 is 0.941 bits per heavy atom. The van der Waals surface area contributed by atoms with Crippen molar-refractivity contribution in [1.82, 2.24) is 0 Å². The number of hydrogen-bond acceptors (Lipinski definition) is 0. The van der Waals surface area contributed by atoms with Crippen LogP contribution in [0.3, 0.4) is 0 Å². The van der Waals surface area contributed by atoms with E-state index in [4.69, 9.17) is 0 Å². The molecule has 0 rings (SSSR count). The molecule has 0 saturated heterocycles. The molecule has 0 aromatic heterocycles. The summed E-state index contributed by atoms with van der Waals surface area (Å²) in [6, 6.07) is 0. The van der Waals surface area contributed by atoms with E-state index in [1.165, 1.54) is 64.2 Å². The van der Waals surface area contributed by atoms with Crippen LogP contribution in [-0.4, -0.2) is 0 Å². The van der Waals surface area contributed by atoms with Crippen molar-refractivity contribution >= 4 is 0 Å². The van der Waals surface area contributed by atoms with Crippen LogP contribution >= 0.6 is 0 Å². The fraction of sp³-hybridized carbons (Fsp3) is 0.882. The molecular weight excluding hydrogens is 204 g/mol. The molecule has 0 aromatic carbocycles. The highest BCUT2D eigenvalue weighted by Crippen LogP contribution is 2.19. The summed E-state index contributed by atoms with van der Waals surface area (Å²) >= 11 is 0. The van der Waals surface area contributed by atoms with E-state index in [2.05, 4.69) is 33.8 Å². The van der Waals surface area contributed by atoms with Crippen LogP contribution in [0.5, 0.6) is 0 Å². The molecule has 102 valence electrons. The maximum atomic E-state index is 2.43. The quantitative estimate of drug-likeness (QED) is 0.284. The van der Waals surface area contributed by atoms with Gasteiger partial charge in [0.15, 0.2) is 0 Å². The summed E-state index contributed by atoms with van der Waals surface area (Å²) < 4.78 is 0. The highest BCUT2D eigenvalue weighted by atomic mass is 14.1. The van der Waals surface area contributed by atoms with Crippen LogP contribution in [0.2, 0.25) is 0 Å². The molecule has 1 unspecified atom stereocenters. The molecular formula is C17H34. The van der Waals surface area contributed by atoms with Crippen molar-refractivity contribution < 1.29 is 0 Å². The zero-order chi connectivity index (χ0) is 12.9. The van der Waals surface area contributed by atoms with Crippen molar-refractivity contribution in [2.24, 2.45) is 5.92 Å². The Hall–Kier alpha value is -0.260. The minimum absolute atomic E-state index is 0.919. The van der Waals surface area contributed by atoms with Crippen LogP contribution in [0.4, 0.5) is 0 Å². The van der Waals surface area contributed by atoms with Crippen molar-refractivity contribution in [3.8, 4) is 0 Å². The third-order valence-corrected chi connectivity index (χ3v) is 3.87. The van der Waals surface area contributed by atoms with Crippen molar-refractivity contribution in [2.75, 3.05) is 0 Å². The lowest BCUT2D eigenvalue weighted by Crippen LogP contribution is -1.96. The van der Waals surface area contributed by atoms with E-state index < -0.39 is 0 Å². The standard InChI is InChI=1S/C17H34/c1-5-8-9-10-11-12-13-16(4)14-15-17(6-2)7-3/h6,16H,5,7-15H2,1-4H3. The van der Waals surface area contributed by atoms with E-state index in [1.54, 1.807) is 5.57 Å². The molecule has 0 heterocycles. The van der Waals surface area contributed by atoms with E-state index in [9.17, 15) is 0 Å². The Morgan fingerprint density at radius 2 is 1.59 bits per heavy atom. The van der Waals surface area contributed by atoms with Gasteiger partial charge in [0, 0.05) is 0 Å². The van der Waals surface area contributed by atoms with Crippen molar-refractivity contribution in [2.45, 2.75) is 91.9 Å². The third-order valence-electron chi connectivity index (χ3n) is 3.87. The van der Waals surface area contributed by atoms with E-state index >= 15 is 0 Å². The average Bonchev–Trinajstić information content (AvgIpc) is 2.35. The average molecular weight is 238 g/mol. The summed E-state index contributed by atoms with van der Waals surface area (Å²) in [6.45, 7) is 9.16. The van der Waals surface area contributed by atoms with Gasteiger partial charge in [0.1, 0.15) is 0 Å². The van der Waals surface area contributed by atoms with Crippen LogP contribution < -0.4 is 0 Å². The minimum Gasteiger partial charge on any atom is -0.0885 e. The predicted molar refractivity (Wildman–Crippen MR) is 80.4 cm³/mol. The molecule has 17 heavy (non-hydrogen) atoms. The van der Waals surface area contributed by atoms with Gasteiger partial charge < -0.3 is 0 Å². The molecule has 0 bridgehead atoms. The van der Waals surface area contributed by atoms with Crippen LogP contribution in [0.15, 0.2) is 11.6 Å². The number of allylic oxidation sites excluding steroid dienone is 2. The molecule has 0 saturated carbocycles. The highest BCUT2D eigenvalue weighted by molar-refractivity contribution is 4.98. The summed E-state index contributed by atoms with van der Waals surface area (Å²) in [6.07, 6.45) is 16.3. The van der Waals surface area contributed by atoms with Crippen LogP contribution in [-0.2, 0) is 0 Å². The van der Waals surface area contributed by atoms with Crippen LogP contribution in [0.25, 0.3) is 0 Å². The summed E-state index contributed by atoms with van der Waals surface area (Å²) in [4.78, 5) is 0. The van der Waals surface area contributed by atoms with Gasteiger partial charge in [-0.1, -0.05) is 77.4 Å². The Bertz CT molecular complexity index is 178. The SMILES string of the molecule is CC=C(CC)CCC(C)CCCCCCCC. The minimum atomic E-state index is 0.919. The summed E-state index contributed by atoms with van der Waals surface area (Å²) in [5.41, 5.74) is 1.64. The molecule has 0 N–H and O–H groups in total. The van der Waals surface area contributed by atoms with Crippen molar-refractivity contribution in [3.05, 3.63) is 11.6 Å². The molecule has 0 amide bonds. The Kier molecular flexibility index (Phi) is 12.0. The lowest BCUT2D eigenvalue weighted by molar-refractivity contribution is 0.454. The monoisotopic (exact) mass is 238 g/mol. The first-order chi connectivity index (χ1) is 8.24. The van der Waals surface area contributed by atoms with Gasteiger partial charge in [-0.2, -0.15) is 0 Å². The molecule has 1 atom stereocenters.